The van der Waals surface area contributed by atoms with Crippen LogP contribution in [0.15, 0.2) is 42.5 Å². The summed E-state index contributed by atoms with van der Waals surface area (Å²) < 4.78 is 0. The van der Waals surface area contributed by atoms with Crippen molar-refractivity contribution in [2.75, 3.05) is 6.54 Å². The number of hydrogen-bond acceptors (Lipinski definition) is 7. The topological polar surface area (TPSA) is 144 Å². The van der Waals surface area contributed by atoms with Crippen LogP contribution in [0, 0.1) is 6.92 Å². The molecule has 0 radical (unpaired) electrons. The summed E-state index contributed by atoms with van der Waals surface area (Å²) in [6.45, 7) is 2.90. The summed E-state index contributed by atoms with van der Waals surface area (Å²) in [7, 11) is 0. The predicted molar refractivity (Wildman–Crippen MR) is 112 cm³/mol. The van der Waals surface area contributed by atoms with E-state index in [1.807, 2.05) is 49.4 Å². The Hall–Kier alpha value is -3.34. The third kappa shape index (κ3) is 5.63. The molecular weight excluding hydrogens is 424 g/mol. The highest BCUT2D eigenvalue weighted by Crippen LogP contribution is 2.27. The maximum atomic E-state index is 12.3. The Labute approximate surface area is 182 Å². The van der Waals surface area contributed by atoms with Gasteiger partial charge in [-0.2, -0.15) is 0 Å². The third-order valence-corrected chi connectivity index (χ3v) is 4.85. The number of carboxylic acids is 1. The number of hydrazine groups is 1. The number of carbonyl (C=O) groups is 2. The van der Waals surface area contributed by atoms with Gasteiger partial charge in [-0.1, -0.05) is 41.9 Å². The van der Waals surface area contributed by atoms with Crippen LogP contribution in [0.25, 0.3) is 11.1 Å². The van der Waals surface area contributed by atoms with Crippen LogP contribution in [-0.4, -0.2) is 59.9 Å². The molecule has 0 aliphatic carbocycles. The normalized spacial score (nSPS) is 13.1. The van der Waals surface area contributed by atoms with E-state index in [9.17, 15) is 19.8 Å². The molecule has 0 aliphatic rings. The summed E-state index contributed by atoms with van der Waals surface area (Å²) in [4.78, 5) is 23.6. The fraction of sp³-hybridized carbons (Fsp3) is 0.250. The summed E-state index contributed by atoms with van der Waals surface area (Å²) in [5, 5.41) is 33.9. The first-order chi connectivity index (χ1) is 14.7. The fourth-order valence-electron chi connectivity index (χ4n) is 2.94. The average molecular weight is 445 g/mol. The molecule has 31 heavy (non-hydrogen) atoms. The van der Waals surface area contributed by atoms with E-state index in [0.717, 1.165) is 29.2 Å². The van der Waals surface area contributed by atoms with Gasteiger partial charge in [0, 0.05) is 11.6 Å². The molecule has 4 N–H and O–H groups in total. The number of nitrogens with one attached hydrogen (secondary N) is 2. The van der Waals surface area contributed by atoms with Crippen LogP contribution in [0.5, 0.6) is 0 Å². The number of H-pyrrole nitrogens is 1. The lowest BCUT2D eigenvalue weighted by molar-refractivity contribution is -0.159. The number of aliphatic hydroxyl groups is 1. The van der Waals surface area contributed by atoms with Crippen LogP contribution < -0.4 is 5.43 Å². The van der Waals surface area contributed by atoms with Gasteiger partial charge in [0.2, 0.25) is 5.82 Å². The number of carbonyl (C=O) groups excluding carboxylic acids is 1. The number of hydrogen-bond donors (Lipinski definition) is 4. The number of rotatable bonds is 8. The van der Waals surface area contributed by atoms with Gasteiger partial charge in [0.15, 0.2) is 5.60 Å². The van der Waals surface area contributed by atoms with Gasteiger partial charge in [-0.25, -0.2) is 14.9 Å². The molecule has 0 saturated heterocycles. The van der Waals surface area contributed by atoms with Crippen molar-refractivity contribution in [1.82, 2.24) is 31.1 Å². The summed E-state index contributed by atoms with van der Waals surface area (Å²) in [5.41, 5.74) is 4.24. The fourth-order valence-corrected chi connectivity index (χ4v) is 3.11. The standard InChI is InChI=1S/C20H21ClN6O4/c1-12-3-8-15(21)9-16(12)14-6-4-13(5-7-14)10-27(11-20(2,31)19(29)30)24-18(28)17-22-25-26-23-17/h3-9,31H,10-11H2,1-2H3,(H,24,28)(H,29,30)(H,22,23,25,26). The largest absolute Gasteiger partial charge is 0.479 e. The molecule has 0 fully saturated rings. The summed E-state index contributed by atoms with van der Waals surface area (Å²) in [6, 6.07) is 13.2. The molecule has 10 nitrogen and oxygen atoms in total. The van der Waals surface area contributed by atoms with Gasteiger partial charge in [0.1, 0.15) is 0 Å². The van der Waals surface area contributed by atoms with E-state index in [1.54, 1.807) is 0 Å². The number of aromatic amines is 1. The molecule has 1 atom stereocenters. The quantitative estimate of drug-likeness (QED) is 0.385. The number of amides is 1. The van der Waals surface area contributed by atoms with E-state index in [2.05, 4.69) is 26.0 Å². The predicted octanol–water partition coefficient (Wildman–Crippen LogP) is 1.81. The smallest absolute Gasteiger partial charge is 0.336 e. The molecule has 0 saturated carbocycles. The Balaban J connectivity index is 1.80. The minimum absolute atomic E-state index is 0.130. The van der Waals surface area contributed by atoms with Gasteiger partial charge in [0.05, 0.1) is 6.54 Å². The molecule has 1 amide bonds. The van der Waals surface area contributed by atoms with Crippen LogP contribution in [0.1, 0.15) is 28.7 Å². The lowest BCUT2D eigenvalue weighted by Gasteiger charge is -2.28. The molecule has 3 aromatic rings. The second-order valence-corrected chi connectivity index (χ2v) is 7.72. The van der Waals surface area contributed by atoms with Crippen LogP contribution in [0.4, 0.5) is 0 Å². The van der Waals surface area contributed by atoms with E-state index in [4.69, 9.17) is 11.6 Å². The van der Waals surface area contributed by atoms with Crippen molar-refractivity contribution in [3.63, 3.8) is 0 Å². The first kappa shape index (κ1) is 22.3. The third-order valence-electron chi connectivity index (χ3n) is 4.62. The number of nitrogens with zero attached hydrogens (tertiary/aromatic N) is 4. The second-order valence-electron chi connectivity index (χ2n) is 7.28. The van der Waals surface area contributed by atoms with E-state index in [-0.39, 0.29) is 18.9 Å². The van der Waals surface area contributed by atoms with E-state index < -0.39 is 17.5 Å². The first-order valence-electron chi connectivity index (χ1n) is 9.26. The van der Waals surface area contributed by atoms with Gasteiger partial charge in [0.25, 0.3) is 0 Å². The minimum atomic E-state index is -2.09. The van der Waals surface area contributed by atoms with Crippen LogP contribution in [-0.2, 0) is 11.3 Å². The molecule has 0 bridgehead atoms. The van der Waals surface area contributed by atoms with E-state index in [0.29, 0.717) is 5.02 Å². The highest BCUT2D eigenvalue weighted by molar-refractivity contribution is 6.30. The Bertz CT molecular complexity index is 1070. The summed E-state index contributed by atoms with van der Waals surface area (Å²) in [6.07, 6.45) is 0. The van der Waals surface area contributed by atoms with Crippen molar-refractivity contribution < 1.29 is 19.8 Å². The van der Waals surface area contributed by atoms with Crippen LogP contribution in [0.2, 0.25) is 5.02 Å². The number of aliphatic carboxylic acids is 1. The van der Waals surface area contributed by atoms with Gasteiger partial charge in [-0.15, -0.1) is 5.10 Å². The van der Waals surface area contributed by atoms with Crippen LogP contribution >= 0.6 is 11.6 Å². The van der Waals surface area contributed by atoms with Gasteiger partial charge in [-0.05, 0) is 58.7 Å². The molecule has 0 aliphatic heterocycles. The van der Waals surface area contributed by atoms with Crippen molar-refractivity contribution in [2.24, 2.45) is 0 Å². The van der Waals surface area contributed by atoms with Gasteiger partial charge >= 0.3 is 11.9 Å². The minimum Gasteiger partial charge on any atom is -0.479 e. The second kappa shape index (κ2) is 9.21. The van der Waals surface area contributed by atoms with E-state index >= 15 is 0 Å². The number of tetrazole rings is 1. The van der Waals surface area contributed by atoms with Crippen molar-refractivity contribution in [3.05, 3.63) is 64.4 Å². The number of aromatic nitrogens is 4. The molecule has 2 aromatic carbocycles. The van der Waals surface area contributed by atoms with Crippen molar-refractivity contribution in [1.29, 1.82) is 0 Å². The molecule has 162 valence electrons. The Morgan fingerprint density at radius 1 is 1.23 bits per heavy atom. The molecule has 1 heterocycles. The SMILES string of the molecule is Cc1ccc(Cl)cc1-c1ccc(CN(CC(C)(O)C(=O)O)NC(=O)c2nnn[nH]2)cc1. The van der Waals surface area contributed by atoms with Crippen molar-refractivity contribution in [2.45, 2.75) is 26.0 Å². The lowest BCUT2D eigenvalue weighted by Crippen LogP contribution is -2.52. The zero-order chi connectivity index (χ0) is 22.6. The number of carboxylic acid groups (broad SMARTS) is 1. The lowest BCUT2D eigenvalue weighted by atomic mass is 9.99. The monoisotopic (exact) mass is 444 g/mol. The molecule has 0 spiro atoms. The average Bonchev–Trinajstić information content (AvgIpc) is 3.25. The van der Waals surface area contributed by atoms with Crippen LogP contribution in [0.3, 0.4) is 0 Å². The Morgan fingerprint density at radius 2 is 1.94 bits per heavy atom. The maximum absolute atomic E-state index is 12.3. The summed E-state index contributed by atoms with van der Waals surface area (Å²) >= 11 is 6.11. The first-order valence-corrected chi connectivity index (χ1v) is 9.64. The molecule has 3 rings (SSSR count). The Morgan fingerprint density at radius 3 is 2.55 bits per heavy atom. The molecule has 11 heteroatoms. The molecular formula is C20H21ClN6O4. The number of benzene rings is 2. The summed E-state index contributed by atoms with van der Waals surface area (Å²) in [5.74, 6) is -2.23. The van der Waals surface area contributed by atoms with E-state index in [1.165, 1.54) is 5.01 Å². The zero-order valence-electron chi connectivity index (χ0n) is 16.8. The number of aryl methyl sites for hydroxylation is 1. The highest BCUT2D eigenvalue weighted by Gasteiger charge is 2.33. The molecule has 1 aromatic heterocycles. The Kier molecular flexibility index (Phi) is 6.64. The highest BCUT2D eigenvalue weighted by atomic mass is 35.5. The maximum Gasteiger partial charge on any atom is 0.336 e. The van der Waals surface area contributed by atoms with Gasteiger partial charge < -0.3 is 10.2 Å². The van der Waals surface area contributed by atoms with Crippen molar-refractivity contribution >= 4 is 23.5 Å². The number of halogens is 1. The zero-order valence-corrected chi connectivity index (χ0v) is 17.6. The van der Waals surface area contributed by atoms with Crippen molar-refractivity contribution in [3.8, 4) is 11.1 Å². The van der Waals surface area contributed by atoms with Gasteiger partial charge in [-0.3, -0.25) is 10.2 Å². The molecule has 1 unspecified atom stereocenters.